The van der Waals surface area contributed by atoms with Crippen molar-refractivity contribution in [2.24, 2.45) is 5.41 Å². The number of hydrogen-bond donors (Lipinski definition) is 3. The molecule has 0 saturated carbocycles. The second-order valence-corrected chi connectivity index (χ2v) is 7.62. The molecule has 0 spiro atoms. The summed E-state index contributed by atoms with van der Waals surface area (Å²) in [5.41, 5.74) is 0.263. The van der Waals surface area contributed by atoms with Crippen molar-refractivity contribution < 1.29 is 23.9 Å². The van der Waals surface area contributed by atoms with Gasteiger partial charge in [0.2, 0.25) is 5.91 Å². The topological polar surface area (TPSA) is 114 Å². The molecular weight excluding hydrogens is 346 g/mol. The Bertz CT molecular complexity index is 703. The van der Waals surface area contributed by atoms with Crippen LogP contribution in [0.2, 0.25) is 0 Å². The number of carbonyl (C=O) groups is 4. The van der Waals surface area contributed by atoms with Crippen molar-refractivity contribution in [3.63, 3.8) is 0 Å². The molecule has 0 aliphatic carbocycles. The van der Waals surface area contributed by atoms with E-state index in [2.05, 4.69) is 10.6 Å². The molecule has 1 rings (SSSR count). The number of aryl methyl sites for hydroxylation is 1. The molecule has 0 saturated heterocycles. The summed E-state index contributed by atoms with van der Waals surface area (Å²) >= 11 is 1.26. The summed E-state index contributed by atoms with van der Waals surface area (Å²) in [6.45, 7) is 8.24. The van der Waals surface area contributed by atoms with Crippen LogP contribution in [-0.4, -0.2) is 37.5 Å². The summed E-state index contributed by atoms with van der Waals surface area (Å²) < 4.78 is 4.96. The van der Waals surface area contributed by atoms with Gasteiger partial charge >= 0.3 is 12.0 Å². The van der Waals surface area contributed by atoms with Gasteiger partial charge in [-0.25, -0.2) is 9.59 Å². The highest BCUT2D eigenvalue weighted by atomic mass is 32.1. The van der Waals surface area contributed by atoms with Crippen LogP contribution in [-0.2, 0) is 14.3 Å². The lowest BCUT2D eigenvalue weighted by Gasteiger charge is -2.17. The van der Waals surface area contributed by atoms with Gasteiger partial charge < -0.3 is 15.4 Å². The number of thiophene rings is 1. The number of ether oxygens (including phenoxy) is 1. The monoisotopic (exact) mass is 369 g/mol. The quantitative estimate of drug-likeness (QED) is 0.702. The fourth-order valence-corrected chi connectivity index (χ4v) is 2.72. The Morgan fingerprint density at radius 2 is 1.72 bits per heavy atom. The number of nitrogens with one attached hydrogen (secondary N) is 3. The number of anilines is 1. The number of imide groups is 1. The molecule has 0 radical (unpaired) electrons. The van der Waals surface area contributed by atoms with E-state index in [1.54, 1.807) is 27.7 Å². The van der Waals surface area contributed by atoms with Gasteiger partial charge in [0.25, 0.3) is 5.91 Å². The third kappa shape index (κ3) is 5.56. The number of urea groups is 1. The minimum Gasteiger partial charge on any atom is -0.452 e. The molecule has 0 unspecified atom stereocenters. The van der Waals surface area contributed by atoms with Crippen LogP contribution in [0.15, 0.2) is 0 Å². The highest BCUT2D eigenvalue weighted by Crippen LogP contribution is 2.34. The molecule has 0 atom stereocenters. The average molecular weight is 369 g/mol. The summed E-state index contributed by atoms with van der Waals surface area (Å²) in [7, 11) is 1.36. The number of esters is 1. The smallest absolute Gasteiger partial charge is 0.341 e. The highest BCUT2D eigenvalue weighted by Gasteiger charge is 2.27. The van der Waals surface area contributed by atoms with Crippen LogP contribution in [0.5, 0.6) is 0 Å². The standard InChI is InChI=1S/C16H23N3O5S/c1-8-9(2)25-12(19-14(22)16(3,4)5)11(8)13(21)24-7-10(20)18-15(23)17-6/h7H2,1-6H3,(H,19,22)(H2,17,18,20,23). The third-order valence-electron chi connectivity index (χ3n) is 3.31. The molecule has 1 heterocycles. The molecule has 0 aliphatic heterocycles. The second kappa shape index (κ2) is 8.11. The molecule has 1 aromatic rings. The van der Waals surface area contributed by atoms with Gasteiger partial charge in [-0.2, -0.15) is 0 Å². The zero-order valence-electron chi connectivity index (χ0n) is 15.2. The van der Waals surface area contributed by atoms with Crippen LogP contribution in [0, 0.1) is 19.3 Å². The first kappa shape index (κ1) is 20.6. The van der Waals surface area contributed by atoms with E-state index in [0.717, 1.165) is 4.88 Å². The Labute approximate surface area is 150 Å². The SMILES string of the molecule is CNC(=O)NC(=O)COC(=O)c1c(NC(=O)C(C)(C)C)sc(C)c1C. The molecule has 8 nitrogen and oxygen atoms in total. The van der Waals surface area contributed by atoms with E-state index in [4.69, 9.17) is 4.74 Å². The largest absolute Gasteiger partial charge is 0.452 e. The predicted octanol–water partition coefficient (Wildman–Crippen LogP) is 1.96. The Balaban J connectivity index is 2.89. The van der Waals surface area contributed by atoms with E-state index in [1.165, 1.54) is 18.4 Å². The van der Waals surface area contributed by atoms with E-state index >= 15 is 0 Å². The van der Waals surface area contributed by atoms with Crippen molar-refractivity contribution in [2.75, 3.05) is 19.0 Å². The van der Waals surface area contributed by atoms with Crippen LogP contribution in [0.25, 0.3) is 0 Å². The van der Waals surface area contributed by atoms with Crippen molar-refractivity contribution in [2.45, 2.75) is 34.6 Å². The summed E-state index contributed by atoms with van der Waals surface area (Å²) in [5, 5.41) is 7.32. The fourth-order valence-electron chi connectivity index (χ4n) is 1.68. The normalized spacial score (nSPS) is 10.8. The Kier molecular flexibility index (Phi) is 6.69. The number of amides is 4. The molecule has 25 heavy (non-hydrogen) atoms. The molecular formula is C16H23N3O5S. The fraction of sp³-hybridized carbons (Fsp3) is 0.500. The zero-order valence-corrected chi connectivity index (χ0v) is 16.0. The molecule has 0 fully saturated rings. The van der Waals surface area contributed by atoms with Crippen molar-refractivity contribution in [1.82, 2.24) is 10.6 Å². The maximum Gasteiger partial charge on any atom is 0.341 e. The molecule has 0 bridgehead atoms. The van der Waals surface area contributed by atoms with E-state index < -0.39 is 29.9 Å². The first-order valence-electron chi connectivity index (χ1n) is 7.57. The van der Waals surface area contributed by atoms with Gasteiger partial charge in [-0.15, -0.1) is 11.3 Å². The van der Waals surface area contributed by atoms with Crippen molar-refractivity contribution in [1.29, 1.82) is 0 Å². The van der Waals surface area contributed by atoms with Crippen LogP contribution < -0.4 is 16.0 Å². The van der Waals surface area contributed by atoms with Crippen LogP contribution >= 0.6 is 11.3 Å². The highest BCUT2D eigenvalue weighted by molar-refractivity contribution is 7.16. The van der Waals surface area contributed by atoms with Gasteiger partial charge in [-0.05, 0) is 19.4 Å². The van der Waals surface area contributed by atoms with E-state index in [1.807, 2.05) is 12.2 Å². The van der Waals surface area contributed by atoms with Crippen molar-refractivity contribution in [3.8, 4) is 0 Å². The molecule has 3 N–H and O–H groups in total. The lowest BCUT2D eigenvalue weighted by Crippen LogP contribution is -2.39. The Hall–Kier alpha value is -2.42. The maximum atomic E-state index is 12.3. The van der Waals surface area contributed by atoms with Gasteiger partial charge in [-0.1, -0.05) is 20.8 Å². The molecule has 9 heteroatoms. The minimum atomic E-state index is -0.752. The van der Waals surface area contributed by atoms with Crippen LogP contribution in [0.1, 0.15) is 41.6 Å². The number of rotatable bonds is 4. The Morgan fingerprint density at radius 3 is 2.24 bits per heavy atom. The van der Waals surface area contributed by atoms with Crippen molar-refractivity contribution in [3.05, 3.63) is 16.0 Å². The van der Waals surface area contributed by atoms with E-state index in [9.17, 15) is 19.2 Å². The van der Waals surface area contributed by atoms with Gasteiger partial charge in [0.15, 0.2) is 6.61 Å². The number of hydrogen-bond acceptors (Lipinski definition) is 6. The van der Waals surface area contributed by atoms with Gasteiger partial charge in [0.05, 0.1) is 5.56 Å². The van der Waals surface area contributed by atoms with Gasteiger partial charge in [0.1, 0.15) is 5.00 Å². The molecule has 1 aromatic heterocycles. The molecule has 4 amide bonds. The van der Waals surface area contributed by atoms with E-state index in [-0.39, 0.29) is 11.5 Å². The summed E-state index contributed by atoms with van der Waals surface area (Å²) in [4.78, 5) is 47.9. The van der Waals surface area contributed by atoms with Crippen molar-refractivity contribution >= 4 is 40.2 Å². The number of carbonyl (C=O) groups excluding carboxylic acids is 4. The predicted molar refractivity (Wildman–Crippen MR) is 94.8 cm³/mol. The molecule has 0 aliphatic rings. The first-order chi connectivity index (χ1) is 11.5. The maximum absolute atomic E-state index is 12.3. The lowest BCUT2D eigenvalue weighted by atomic mass is 9.96. The van der Waals surface area contributed by atoms with E-state index in [0.29, 0.717) is 10.6 Å². The third-order valence-corrected chi connectivity index (χ3v) is 4.43. The molecule has 138 valence electrons. The summed E-state index contributed by atoms with van der Waals surface area (Å²) in [5.74, 6) is -1.73. The zero-order chi connectivity index (χ0) is 19.4. The first-order valence-corrected chi connectivity index (χ1v) is 8.39. The van der Waals surface area contributed by atoms with Crippen LogP contribution in [0.3, 0.4) is 0 Å². The molecule has 0 aromatic carbocycles. The Morgan fingerprint density at radius 1 is 1.12 bits per heavy atom. The van der Waals surface area contributed by atoms with Gasteiger partial charge in [0, 0.05) is 17.3 Å². The average Bonchev–Trinajstić information content (AvgIpc) is 2.78. The second-order valence-electron chi connectivity index (χ2n) is 6.39. The summed E-state index contributed by atoms with van der Waals surface area (Å²) in [6, 6.07) is -0.693. The van der Waals surface area contributed by atoms with Gasteiger partial charge in [-0.3, -0.25) is 14.9 Å². The minimum absolute atomic E-state index is 0.216. The van der Waals surface area contributed by atoms with Crippen LogP contribution in [0.4, 0.5) is 9.80 Å². The lowest BCUT2D eigenvalue weighted by molar-refractivity contribution is -0.123. The summed E-state index contributed by atoms with van der Waals surface area (Å²) in [6.07, 6.45) is 0.